The summed E-state index contributed by atoms with van der Waals surface area (Å²) in [5.41, 5.74) is 4.74. The molecule has 0 bridgehead atoms. The second-order valence-electron chi connectivity index (χ2n) is 8.30. The van der Waals surface area contributed by atoms with Crippen molar-refractivity contribution in [2.45, 2.75) is 30.6 Å². The van der Waals surface area contributed by atoms with Crippen LogP contribution in [0.3, 0.4) is 0 Å². The van der Waals surface area contributed by atoms with Crippen molar-refractivity contribution >= 4 is 27.6 Å². The van der Waals surface area contributed by atoms with Gasteiger partial charge in [-0.3, -0.25) is 14.5 Å². The zero-order chi connectivity index (χ0) is 23.2. The Morgan fingerprint density at radius 2 is 1.79 bits per heavy atom. The van der Waals surface area contributed by atoms with Crippen molar-refractivity contribution < 1.29 is 22.0 Å². The maximum atomic E-state index is 13.5. The quantitative estimate of drug-likeness (QED) is 0.536. The summed E-state index contributed by atoms with van der Waals surface area (Å²) in [5.74, 6) is -1.95. The Labute approximate surface area is 190 Å². The SMILES string of the molecule is O=C(Cc1cc(-c2ccc(NS(=O)(=O)c3ccc(F)c(F)c3)cc2)c2c(n1)CC=C2)C1CC1. The normalized spacial score (nSPS) is 14.8. The molecule has 0 radical (unpaired) electrons. The third-order valence-electron chi connectivity index (χ3n) is 5.82. The molecular formula is C25H20F2N2O3S. The first kappa shape index (κ1) is 21.5. The predicted molar refractivity (Wildman–Crippen MR) is 121 cm³/mol. The van der Waals surface area contributed by atoms with Crippen molar-refractivity contribution in [1.82, 2.24) is 4.98 Å². The van der Waals surface area contributed by atoms with Crippen molar-refractivity contribution in [1.29, 1.82) is 0 Å². The maximum absolute atomic E-state index is 13.5. The number of nitrogens with zero attached hydrogens (tertiary/aromatic N) is 1. The fourth-order valence-electron chi connectivity index (χ4n) is 3.93. The summed E-state index contributed by atoms with van der Waals surface area (Å²) in [6.07, 6.45) is 6.97. The van der Waals surface area contributed by atoms with Crippen molar-refractivity contribution in [3.05, 3.63) is 83.2 Å². The van der Waals surface area contributed by atoms with Crippen molar-refractivity contribution in [2.24, 2.45) is 5.92 Å². The molecule has 1 fully saturated rings. The molecule has 2 aliphatic carbocycles. The molecule has 1 saturated carbocycles. The number of ketones is 1. The molecule has 2 aromatic carbocycles. The van der Waals surface area contributed by atoms with Crippen LogP contribution < -0.4 is 4.72 Å². The first-order chi connectivity index (χ1) is 15.8. The van der Waals surface area contributed by atoms with Crippen LogP contribution in [-0.4, -0.2) is 19.2 Å². The fraction of sp³-hybridized carbons (Fsp3) is 0.200. The molecule has 3 aromatic rings. The van der Waals surface area contributed by atoms with Gasteiger partial charge in [-0.1, -0.05) is 24.3 Å². The van der Waals surface area contributed by atoms with Gasteiger partial charge in [-0.2, -0.15) is 0 Å². The fourth-order valence-corrected chi connectivity index (χ4v) is 5.00. The molecule has 1 aromatic heterocycles. The van der Waals surface area contributed by atoms with E-state index in [1.807, 2.05) is 18.2 Å². The number of benzene rings is 2. The molecule has 8 heteroatoms. The van der Waals surface area contributed by atoms with E-state index in [9.17, 15) is 22.0 Å². The molecule has 0 aliphatic heterocycles. The van der Waals surface area contributed by atoms with E-state index in [0.717, 1.165) is 53.1 Å². The van der Waals surface area contributed by atoms with Gasteiger partial charge in [-0.05, 0) is 60.4 Å². The number of sulfonamides is 1. The lowest BCUT2D eigenvalue weighted by atomic mass is 9.97. The van der Waals surface area contributed by atoms with Crippen LogP contribution >= 0.6 is 0 Å². The lowest BCUT2D eigenvalue weighted by Gasteiger charge is -2.13. The standard InChI is InChI=1S/C25H20F2N2O3S/c26-22-11-10-19(14-23(22)27)33(31,32)29-17-8-6-15(7-9-17)21-12-18(13-25(30)16-4-5-16)28-24-3-1-2-20(21)24/h1-2,6-12,14,16,29H,3-5,13H2. The van der Waals surface area contributed by atoms with E-state index in [4.69, 9.17) is 0 Å². The van der Waals surface area contributed by atoms with E-state index in [-0.39, 0.29) is 22.3 Å². The number of carbonyl (C=O) groups excluding carboxylic acids is 1. The van der Waals surface area contributed by atoms with Gasteiger partial charge in [0.1, 0.15) is 5.78 Å². The highest BCUT2D eigenvalue weighted by Crippen LogP contribution is 2.34. The van der Waals surface area contributed by atoms with E-state index < -0.39 is 21.7 Å². The molecule has 33 heavy (non-hydrogen) atoms. The highest BCUT2D eigenvalue weighted by Gasteiger charge is 2.30. The number of hydrogen-bond acceptors (Lipinski definition) is 4. The number of nitrogens with one attached hydrogen (secondary N) is 1. The molecule has 168 valence electrons. The number of rotatable bonds is 7. The first-order valence-electron chi connectivity index (χ1n) is 10.6. The van der Waals surface area contributed by atoms with Crippen molar-refractivity contribution in [3.8, 4) is 11.1 Å². The molecule has 0 unspecified atom stereocenters. The number of fused-ring (bicyclic) bond motifs is 1. The van der Waals surface area contributed by atoms with E-state index in [1.54, 1.807) is 24.3 Å². The molecule has 0 atom stereocenters. The van der Waals surface area contributed by atoms with Crippen LogP contribution in [-0.2, 0) is 27.7 Å². The second-order valence-corrected chi connectivity index (χ2v) is 9.99. The second kappa shape index (κ2) is 8.19. The first-order valence-corrected chi connectivity index (χ1v) is 12.1. The maximum Gasteiger partial charge on any atom is 0.261 e. The van der Waals surface area contributed by atoms with Crippen LogP contribution in [0.15, 0.2) is 59.5 Å². The Kier molecular flexibility index (Phi) is 5.32. The Morgan fingerprint density at radius 3 is 2.48 bits per heavy atom. The van der Waals surface area contributed by atoms with Crippen LogP contribution in [0.5, 0.6) is 0 Å². The Morgan fingerprint density at radius 1 is 1.03 bits per heavy atom. The minimum atomic E-state index is -4.08. The Balaban J connectivity index is 1.41. The predicted octanol–water partition coefficient (Wildman–Crippen LogP) is 4.92. The van der Waals surface area contributed by atoms with Gasteiger partial charge in [0.2, 0.25) is 0 Å². The summed E-state index contributed by atoms with van der Waals surface area (Å²) >= 11 is 0. The minimum absolute atomic E-state index is 0.170. The van der Waals surface area contributed by atoms with Crippen LogP contribution in [0.4, 0.5) is 14.5 Å². The van der Waals surface area contributed by atoms with Crippen LogP contribution in [0.1, 0.15) is 29.8 Å². The number of halogens is 2. The Bertz CT molecular complexity index is 1400. The number of allylic oxidation sites excluding steroid dienone is 1. The van der Waals surface area contributed by atoms with Crippen LogP contribution in [0, 0.1) is 17.6 Å². The van der Waals surface area contributed by atoms with E-state index in [1.165, 1.54) is 0 Å². The van der Waals surface area contributed by atoms with Gasteiger partial charge in [-0.25, -0.2) is 17.2 Å². The van der Waals surface area contributed by atoms with Crippen LogP contribution in [0.2, 0.25) is 0 Å². The minimum Gasteiger partial charge on any atom is -0.299 e. The smallest absolute Gasteiger partial charge is 0.261 e. The number of pyridine rings is 1. The molecule has 1 heterocycles. The van der Waals surface area contributed by atoms with Crippen molar-refractivity contribution in [3.63, 3.8) is 0 Å². The summed E-state index contributed by atoms with van der Waals surface area (Å²) in [5, 5.41) is 0. The summed E-state index contributed by atoms with van der Waals surface area (Å²) in [7, 11) is -4.08. The molecule has 0 saturated heterocycles. The largest absolute Gasteiger partial charge is 0.299 e. The molecule has 0 spiro atoms. The highest BCUT2D eigenvalue weighted by molar-refractivity contribution is 7.92. The lowest BCUT2D eigenvalue weighted by molar-refractivity contribution is -0.119. The van der Waals surface area contributed by atoms with E-state index in [2.05, 4.69) is 9.71 Å². The topological polar surface area (TPSA) is 76.1 Å². The highest BCUT2D eigenvalue weighted by atomic mass is 32.2. The third-order valence-corrected chi connectivity index (χ3v) is 7.20. The molecular weight excluding hydrogens is 446 g/mol. The van der Waals surface area contributed by atoms with Crippen molar-refractivity contribution in [2.75, 3.05) is 4.72 Å². The lowest BCUT2D eigenvalue weighted by Crippen LogP contribution is -2.13. The van der Waals surface area contributed by atoms with Gasteiger partial charge in [0.25, 0.3) is 10.0 Å². The summed E-state index contributed by atoms with van der Waals surface area (Å²) < 4.78 is 54.0. The molecule has 2 aliphatic rings. The Hall–Kier alpha value is -3.39. The zero-order valence-corrected chi connectivity index (χ0v) is 18.3. The van der Waals surface area contributed by atoms with Gasteiger partial charge < -0.3 is 0 Å². The monoisotopic (exact) mass is 466 g/mol. The number of hydrogen-bond donors (Lipinski definition) is 1. The molecule has 0 amide bonds. The third kappa shape index (κ3) is 4.43. The van der Waals surface area contributed by atoms with Gasteiger partial charge in [0.05, 0.1) is 10.6 Å². The number of anilines is 1. The van der Waals surface area contributed by atoms with E-state index >= 15 is 0 Å². The summed E-state index contributed by atoms with van der Waals surface area (Å²) in [6, 6.07) is 11.1. The average molecular weight is 467 g/mol. The summed E-state index contributed by atoms with van der Waals surface area (Å²) in [4.78, 5) is 16.6. The zero-order valence-electron chi connectivity index (χ0n) is 17.5. The average Bonchev–Trinajstić information content (AvgIpc) is 3.53. The van der Waals surface area contributed by atoms with Gasteiger partial charge in [0, 0.05) is 35.7 Å². The van der Waals surface area contributed by atoms with E-state index in [0.29, 0.717) is 18.9 Å². The number of Topliss-reactive ketones (excluding diaryl/α,β-unsaturated/α-hetero) is 1. The molecule has 1 N–H and O–H groups in total. The number of aromatic nitrogens is 1. The van der Waals surface area contributed by atoms with Gasteiger partial charge in [-0.15, -0.1) is 0 Å². The van der Waals surface area contributed by atoms with Crippen LogP contribution in [0.25, 0.3) is 17.2 Å². The number of carbonyl (C=O) groups is 1. The van der Waals surface area contributed by atoms with Gasteiger partial charge in [0.15, 0.2) is 11.6 Å². The molecule has 5 rings (SSSR count). The van der Waals surface area contributed by atoms with Gasteiger partial charge >= 0.3 is 0 Å². The molecule has 5 nitrogen and oxygen atoms in total. The summed E-state index contributed by atoms with van der Waals surface area (Å²) in [6.45, 7) is 0.